The van der Waals surface area contributed by atoms with Gasteiger partial charge in [-0.2, -0.15) is 0 Å². The highest BCUT2D eigenvalue weighted by atomic mass is 16.2. The van der Waals surface area contributed by atoms with Crippen LogP contribution in [0.5, 0.6) is 0 Å². The molecular formula is C14H27N3O2. The Morgan fingerprint density at radius 1 is 0.895 bits per heavy atom. The standard InChI is InChI=1S/C14H27N3O2/c1-4-13(18)16-9-11-17(12-10-16)14(19)7-8-15(5-2)6-3/h4-12H2,1-3H3. The summed E-state index contributed by atoms with van der Waals surface area (Å²) in [5, 5.41) is 0. The van der Waals surface area contributed by atoms with Crippen molar-refractivity contribution in [2.75, 3.05) is 45.8 Å². The molecule has 1 rings (SSSR count). The number of piperazine rings is 1. The maximum Gasteiger partial charge on any atom is 0.223 e. The number of hydrogen-bond acceptors (Lipinski definition) is 3. The highest BCUT2D eigenvalue weighted by molar-refractivity contribution is 5.78. The number of hydrogen-bond donors (Lipinski definition) is 0. The Kier molecular flexibility index (Phi) is 6.84. The van der Waals surface area contributed by atoms with Crippen LogP contribution in [-0.4, -0.2) is 72.3 Å². The second kappa shape index (κ2) is 8.15. The molecule has 1 heterocycles. The smallest absolute Gasteiger partial charge is 0.223 e. The van der Waals surface area contributed by atoms with Crippen LogP contribution in [0.25, 0.3) is 0 Å². The molecule has 5 heteroatoms. The van der Waals surface area contributed by atoms with Gasteiger partial charge in [-0.05, 0) is 13.1 Å². The van der Waals surface area contributed by atoms with Crippen molar-refractivity contribution in [2.45, 2.75) is 33.6 Å². The number of carbonyl (C=O) groups excluding carboxylic acids is 2. The third kappa shape index (κ3) is 4.82. The van der Waals surface area contributed by atoms with Gasteiger partial charge in [-0.3, -0.25) is 9.59 Å². The topological polar surface area (TPSA) is 43.9 Å². The number of amides is 2. The van der Waals surface area contributed by atoms with E-state index in [-0.39, 0.29) is 11.8 Å². The van der Waals surface area contributed by atoms with Crippen LogP contribution in [0.15, 0.2) is 0 Å². The highest BCUT2D eigenvalue weighted by Gasteiger charge is 2.23. The first kappa shape index (κ1) is 16.0. The molecule has 0 aromatic carbocycles. The Morgan fingerprint density at radius 2 is 1.37 bits per heavy atom. The van der Waals surface area contributed by atoms with Gasteiger partial charge in [-0.25, -0.2) is 0 Å². The first-order valence-electron chi connectivity index (χ1n) is 7.40. The van der Waals surface area contributed by atoms with Crippen LogP contribution in [0.4, 0.5) is 0 Å². The third-order valence-corrected chi connectivity index (χ3v) is 3.82. The molecule has 1 aliphatic rings. The molecule has 5 nitrogen and oxygen atoms in total. The van der Waals surface area contributed by atoms with Gasteiger partial charge >= 0.3 is 0 Å². The molecule has 0 saturated carbocycles. The molecule has 0 aliphatic carbocycles. The van der Waals surface area contributed by atoms with Gasteiger partial charge in [0.15, 0.2) is 0 Å². The molecule has 0 unspecified atom stereocenters. The van der Waals surface area contributed by atoms with Crippen LogP contribution in [0.2, 0.25) is 0 Å². The van der Waals surface area contributed by atoms with Crippen LogP contribution >= 0.6 is 0 Å². The summed E-state index contributed by atoms with van der Waals surface area (Å²) in [7, 11) is 0. The minimum Gasteiger partial charge on any atom is -0.339 e. The van der Waals surface area contributed by atoms with Crippen LogP contribution < -0.4 is 0 Å². The second-order valence-corrected chi connectivity index (χ2v) is 4.89. The van der Waals surface area contributed by atoms with E-state index in [4.69, 9.17) is 0 Å². The quantitative estimate of drug-likeness (QED) is 0.716. The number of carbonyl (C=O) groups is 2. The average molecular weight is 269 g/mol. The van der Waals surface area contributed by atoms with Crippen molar-refractivity contribution < 1.29 is 9.59 Å². The summed E-state index contributed by atoms with van der Waals surface area (Å²) in [5.74, 6) is 0.408. The minimum absolute atomic E-state index is 0.190. The van der Waals surface area contributed by atoms with Gasteiger partial charge in [0.2, 0.25) is 11.8 Å². The zero-order chi connectivity index (χ0) is 14.3. The van der Waals surface area contributed by atoms with E-state index in [9.17, 15) is 9.59 Å². The fraction of sp³-hybridized carbons (Fsp3) is 0.857. The molecule has 0 N–H and O–H groups in total. The summed E-state index contributed by atoms with van der Waals surface area (Å²) in [4.78, 5) is 29.6. The van der Waals surface area contributed by atoms with Gasteiger partial charge in [0, 0.05) is 45.6 Å². The average Bonchev–Trinajstić information content (AvgIpc) is 2.47. The van der Waals surface area contributed by atoms with E-state index in [0.717, 1.165) is 19.6 Å². The fourth-order valence-electron chi connectivity index (χ4n) is 2.38. The summed E-state index contributed by atoms with van der Waals surface area (Å²) in [6.07, 6.45) is 1.14. The molecule has 0 atom stereocenters. The fourth-order valence-corrected chi connectivity index (χ4v) is 2.38. The lowest BCUT2D eigenvalue weighted by molar-refractivity contribution is -0.139. The Hall–Kier alpha value is -1.10. The maximum absolute atomic E-state index is 12.1. The lowest BCUT2D eigenvalue weighted by Crippen LogP contribution is -2.50. The summed E-state index contributed by atoms with van der Waals surface area (Å²) >= 11 is 0. The Bertz CT molecular complexity index is 295. The molecular weight excluding hydrogens is 242 g/mol. The summed E-state index contributed by atoms with van der Waals surface area (Å²) in [5.41, 5.74) is 0. The van der Waals surface area contributed by atoms with Crippen molar-refractivity contribution in [1.82, 2.24) is 14.7 Å². The predicted octanol–water partition coefficient (Wildman–Crippen LogP) is 0.799. The Labute approximate surface area is 116 Å². The molecule has 0 spiro atoms. The van der Waals surface area contributed by atoms with Gasteiger partial charge in [0.05, 0.1) is 0 Å². The van der Waals surface area contributed by atoms with E-state index in [1.165, 1.54) is 0 Å². The van der Waals surface area contributed by atoms with Gasteiger partial charge < -0.3 is 14.7 Å². The van der Waals surface area contributed by atoms with Gasteiger partial charge in [0.1, 0.15) is 0 Å². The van der Waals surface area contributed by atoms with Gasteiger partial charge in [0.25, 0.3) is 0 Å². The van der Waals surface area contributed by atoms with Crippen LogP contribution in [0.3, 0.4) is 0 Å². The number of nitrogens with zero attached hydrogens (tertiary/aromatic N) is 3. The third-order valence-electron chi connectivity index (χ3n) is 3.82. The predicted molar refractivity (Wildman–Crippen MR) is 75.9 cm³/mol. The monoisotopic (exact) mass is 269 g/mol. The Morgan fingerprint density at radius 3 is 1.79 bits per heavy atom. The van der Waals surface area contributed by atoms with Crippen molar-refractivity contribution in [2.24, 2.45) is 0 Å². The number of rotatable bonds is 6. The molecule has 1 aliphatic heterocycles. The van der Waals surface area contributed by atoms with Crippen molar-refractivity contribution >= 4 is 11.8 Å². The van der Waals surface area contributed by atoms with Crippen molar-refractivity contribution in [3.8, 4) is 0 Å². The first-order valence-corrected chi connectivity index (χ1v) is 7.40. The Balaban J connectivity index is 2.30. The van der Waals surface area contributed by atoms with Crippen LogP contribution in [-0.2, 0) is 9.59 Å². The molecule has 1 saturated heterocycles. The van der Waals surface area contributed by atoms with Gasteiger partial charge in [-0.1, -0.05) is 20.8 Å². The van der Waals surface area contributed by atoms with Crippen molar-refractivity contribution in [1.29, 1.82) is 0 Å². The largest absolute Gasteiger partial charge is 0.339 e. The van der Waals surface area contributed by atoms with Crippen LogP contribution in [0.1, 0.15) is 33.6 Å². The second-order valence-electron chi connectivity index (χ2n) is 4.89. The van der Waals surface area contributed by atoms with E-state index in [0.29, 0.717) is 39.0 Å². The van der Waals surface area contributed by atoms with E-state index in [2.05, 4.69) is 18.7 Å². The van der Waals surface area contributed by atoms with E-state index in [1.807, 2.05) is 16.7 Å². The first-order chi connectivity index (χ1) is 9.12. The molecule has 0 radical (unpaired) electrons. The molecule has 2 amide bonds. The normalized spacial score (nSPS) is 16.0. The minimum atomic E-state index is 0.190. The molecule has 0 bridgehead atoms. The lowest BCUT2D eigenvalue weighted by Gasteiger charge is -2.35. The van der Waals surface area contributed by atoms with Crippen molar-refractivity contribution in [3.05, 3.63) is 0 Å². The molecule has 0 aromatic rings. The van der Waals surface area contributed by atoms with Gasteiger partial charge in [-0.15, -0.1) is 0 Å². The highest BCUT2D eigenvalue weighted by Crippen LogP contribution is 2.06. The zero-order valence-corrected chi connectivity index (χ0v) is 12.5. The van der Waals surface area contributed by atoms with E-state index in [1.54, 1.807) is 0 Å². The maximum atomic E-state index is 12.1. The molecule has 0 aromatic heterocycles. The lowest BCUT2D eigenvalue weighted by atomic mass is 10.2. The summed E-state index contributed by atoms with van der Waals surface area (Å²) in [6.45, 7) is 11.7. The van der Waals surface area contributed by atoms with E-state index < -0.39 is 0 Å². The van der Waals surface area contributed by atoms with Crippen molar-refractivity contribution in [3.63, 3.8) is 0 Å². The molecule has 110 valence electrons. The van der Waals surface area contributed by atoms with Crippen LogP contribution in [0, 0.1) is 0 Å². The summed E-state index contributed by atoms with van der Waals surface area (Å²) < 4.78 is 0. The SMILES string of the molecule is CCC(=O)N1CCN(C(=O)CCN(CC)CC)CC1. The molecule has 1 fully saturated rings. The van der Waals surface area contributed by atoms with E-state index >= 15 is 0 Å². The zero-order valence-electron chi connectivity index (χ0n) is 12.5. The summed E-state index contributed by atoms with van der Waals surface area (Å²) in [6, 6.07) is 0. The molecule has 19 heavy (non-hydrogen) atoms.